The van der Waals surface area contributed by atoms with E-state index in [0.717, 1.165) is 10.6 Å². The summed E-state index contributed by atoms with van der Waals surface area (Å²) in [5.74, 6) is 0.0383. The number of nitrogens with one attached hydrogen (secondary N) is 1. The van der Waals surface area contributed by atoms with Gasteiger partial charge in [0.1, 0.15) is 0 Å². The Kier molecular flexibility index (Phi) is 4.98. The summed E-state index contributed by atoms with van der Waals surface area (Å²) >= 11 is 1.63. The van der Waals surface area contributed by atoms with Crippen LogP contribution >= 0.6 is 11.8 Å². The standard InChI is InChI=1S/C12H15NOS/c1-3-4-9-12(14)13-10-7-5-6-8-11(10)15-2/h3,5-8H,1,4,9H2,2H3,(H,13,14). The zero-order chi connectivity index (χ0) is 11.1. The van der Waals surface area contributed by atoms with Gasteiger partial charge in [-0.1, -0.05) is 18.2 Å². The fourth-order valence-corrected chi connectivity index (χ4v) is 1.75. The van der Waals surface area contributed by atoms with Crippen LogP contribution in [0.3, 0.4) is 0 Å². The third-order valence-electron chi connectivity index (χ3n) is 1.96. The minimum absolute atomic E-state index is 0.0383. The molecule has 0 bridgehead atoms. The molecule has 0 aromatic heterocycles. The molecule has 0 atom stereocenters. The van der Waals surface area contributed by atoms with Gasteiger partial charge in [0, 0.05) is 11.3 Å². The Labute approximate surface area is 94.8 Å². The lowest BCUT2D eigenvalue weighted by Gasteiger charge is -2.08. The summed E-state index contributed by atoms with van der Waals surface area (Å²) in [6, 6.07) is 7.79. The molecular weight excluding hydrogens is 206 g/mol. The predicted octanol–water partition coefficient (Wildman–Crippen LogP) is 3.31. The lowest BCUT2D eigenvalue weighted by Crippen LogP contribution is -2.11. The summed E-state index contributed by atoms with van der Waals surface area (Å²) in [6.45, 7) is 3.59. The van der Waals surface area contributed by atoms with Crippen molar-refractivity contribution in [3.05, 3.63) is 36.9 Å². The number of carbonyl (C=O) groups is 1. The van der Waals surface area contributed by atoms with E-state index in [1.807, 2.05) is 30.5 Å². The molecule has 1 rings (SSSR count). The molecule has 0 aliphatic carbocycles. The molecule has 0 fully saturated rings. The van der Waals surface area contributed by atoms with Crippen LogP contribution in [0.15, 0.2) is 41.8 Å². The normalized spacial score (nSPS) is 9.67. The summed E-state index contributed by atoms with van der Waals surface area (Å²) in [5.41, 5.74) is 0.888. The Morgan fingerprint density at radius 3 is 2.93 bits per heavy atom. The molecule has 1 N–H and O–H groups in total. The molecule has 15 heavy (non-hydrogen) atoms. The first-order valence-corrected chi connectivity index (χ1v) is 6.04. The Bertz CT molecular complexity index is 349. The van der Waals surface area contributed by atoms with Crippen LogP contribution in [0, 0.1) is 0 Å². The lowest BCUT2D eigenvalue weighted by atomic mass is 10.2. The SMILES string of the molecule is C=CCCC(=O)Nc1ccccc1SC. The smallest absolute Gasteiger partial charge is 0.224 e. The van der Waals surface area contributed by atoms with Crippen LogP contribution in [0.2, 0.25) is 0 Å². The van der Waals surface area contributed by atoms with Crippen LogP contribution in [0.1, 0.15) is 12.8 Å². The quantitative estimate of drug-likeness (QED) is 0.610. The minimum Gasteiger partial charge on any atom is -0.325 e. The number of benzene rings is 1. The number of rotatable bonds is 5. The fourth-order valence-electron chi connectivity index (χ4n) is 1.19. The zero-order valence-corrected chi connectivity index (χ0v) is 9.64. The second-order valence-electron chi connectivity index (χ2n) is 3.08. The van der Waals surface area contributed by atoms with Crippen LogP contribution in [0.5, 0.6) is 0 Å². The number of hydrogen-bond acceptors (Lipinski definition) is 2. The maximum Gasteiger partial charge on any atom is 0.224 e. The second kappa shape index (κ2) is 6.30. The predicted molar refractivity (Wildman–Crippen MR) is 66.3 cm³/mol. The Balaban J connectivity index is 2.63. The monoisotopic (exact) mass is 221 g/mol. The van der Waals surface area contributed by atoms with Crippen molar-refractivity contribution in [2.45, 2.75) is 17.7 Å². The van der Waals surface area contributed by atoms with Crippen molar-refractivity contribution in [3.63, 3.8) is 0 Å². The summed E-state index contributed by atoms with van der Waals surface area (Å²) < 4.78 is 0. The number of thioether (sulfide) groups is 1. The van der Waals surface area contributed by atoms with Crippen molar-refractivity contribution in [2.75, 3.05) is 11.6 Å². The molecule has 1 amide bonds. The highest BCUT2D eigenvalue weighted by Crippen LogP contribution is 2.24. The summed E-state index contributed by atoms with van der Waals surface area (Å²) in [7, 11) is 0. The van der Waals surface area contributed by atoms with Crippen molar-refractivity contribution >= 4 is 23.4 Å². The van der Waals surface area contributed by atoms with E-state index >= 15 is 0 Å². The largest absolute Gasteiger partial charge is 0.325 e. The van der Waals surface area contributed by atoms with E-state index in [0.29, 0.717) is 12.8 Å². The van der Waals surface area contributed by atoms with Gasteiger partial charge in [0.2, 0.25) is 5.91 Å². The molecule has 0 saturated carbocycles. The molecule has 80 valence electrons. The first kappa shape index (κ1) is 11.9. The lowest BCUT2D eigenvalue weighted by molar-refractivity contribution is -0.116. The topological polar surface area (TPSA) is 29.1 Å². The van der Waals surface area contributed by atoms with E-state index in [9.17, 15) is 4.79 Å². The highest BCUT2D eigenvalue weighted by atomic mass is 32.2. The van der Waals surface area contributed by atoms with Crippen molar-refractivity contribution in [3.8, 4) is 0 Å². The van der Waals surface area contributed by atoms with Gasteiger partial charge >= 0.3 is 0 Å². The van der Waals surface area contributed by atoms with Gasteiger partial charge in [0.25, 0.3) is 0 Å². The summed E-state index contributed by atoms with van der Waals surface area (Å²) in [6.07, 6.45) is 4.95. The number of hydrogen-bond donors (Lipinski definition) is 1. The van der Waals surface area contributed by atoms with E-state index in [1.54, 1.807) is 17.8 Å². The highest BCUT2D eigenvalue weighted by molar-refractivity contribution is 7.98. The van der Waals surface area contributed by atoms with Crippen LogP contribution in [-0.2, 0) is 4.79 Å². The van der Waals surface area contributed by atoms with Crippen molar-refractivity contribution in [1.82, 2.24) is 0 Å². The molecule has 1 aromatic carbocycles. The molecule has 0 aliphatic rings. The first-order chi connectivity index (χ1) is 7.27. The first-order valence-electron chi connectivity index (χ1n) is 4.81. The minimum atomic E-state index is 0.0383. The third-order valence-corrected chi connectivity index (χ3v) is 2.75. The van der Waals surface area contributed by atoms with Crippen molar-refractivity contribution in [2.24, 2.45) is 0 Å². The maximum atomic E-state index is 11.5. The molecule has 2 nitrogen and oxygen atoms in total. The highest BCUT2D eigenvalue weighted by Gasteiger charge is 2.04. The molecule has 0 aliphatic heterocycles. The molecule has 0 heterocycles. The fraction of sp³-hybridized carbons (Fsp3) is 0.250. The zero-order valence-electron chi connectivity index (χ0n) is 8.82. The maximum absolute atomic E-state index is 11.5. The molecule has 0 unspecified atom stereocenters. The van der Waals surface area contributed by atoms with E-state index in [2.05, 4.69) is 11.9 Å². The number of para-hydroxylation sites is 1. The molecule has 0 spiro atoms. The van der Waals surface area contributed by atoms with Gasteiger partial charge in [-0.3, -0.25) is 4.79 Å². The Morgan fingerprint density at radius 2 is 2.27 bits per heavy atom. The van der Waals surface area contributed by atoms with Gasteiger partial charge in [0.05, 0.1) is 5.69 Å². The molecule has 0 radical (unpaired) electrons. The Hall–Kier alpha value is -1.22. The average molecular weight is 221 g/mol. The van der Waals surface area contributed by atoms with Gasteiger partial charge in [-0.25, -0.2) is 0 Å². The van der Waals surface area contributed by atoms with E-state index in [1.165, 1.54) is 0 Å². The number of carbonyl (C=O) groups excluding carboxylic acids is 1. The van der Waals surface area contributed by atoms with Crippen molar-refractivity contribution in [1.29, 1.82) is 0 Å². The molecule has 0 saturated heterocycles. The number of anilines is 1. The van der Waals surface area contributed by atoms with Crippen LogP contribution in [0.25, 0.3) is 0 Å². The van der Waals surface area contributed by atoms with Crippen LogP contribution < -0.4 is 5.32 Å². The molecule has 1 aromatic rings. The van der Waals surface area contributed by atoms with Gasteiger partial charge in [-0.05, 0) is 24.8 Å². The van der Waals surface area contributed by atoms with E-state index in [4.69, 9.17) is 0 Å². The Morgan fingerprint density at radius 1 is 1.53 bits per heavy atom. The van der Waals surface area contributed by atoms with E-state index in [-0.39, 0.29) is 5.91 Å². The van der Waals surface area contributed by atoms with Gasteiger partial charge < -0.3 is 5.32 Å². The van der Waals surface area contributed by atoms with E-state index < -0.39 is 0 Å². The summed E-state index contributed by atoms with van der Waals surface area (Å²) in [4.78, 5) is 12.6. The average Bonchev–Trinajstić information content (AvgIpc) is 2.27. The van der Waals surface area contributed by atoms with Gasteiger partial charge in [0.15, 0.2) is 0 Å². The number of amides is 1. The van der Waals surface area contributed by atoms with Gasteiger partial charge in [-0.2, -0.15) is 0 Å². The van der Waals surface area contributed by atoms with Crippen LogP contribution in [0.4, 0.5) is 5.69 Å². The van der Waals surface area contributed by atoms with Gasteiger partial charge in [-0.15, -0.1) is 18.3 Å². The third kappa shape index (κ3) is 3.80. The second-order valence-corrected chi connectivity index (χ2v) is 3.92. The molecule has 3 heteroatoms. The van der Waals surface area contributed by atoms with Crippen molar-refractivity contribution < 1.29 is 4.79 Å². The van der Waals surface area contributed by atoms with Crippen LogP contribution in [-0.4, -0.2) is 12.2 Å². The summed E-state index contributed by atoms with van der Waals surface area (Å²) in [5, 5.41) is 2.89. The number of allylic oxidation sites excluding steroid dienone is 1. The molecular formula is C12H15NOS.